The minimum Gasteiger partial charge on any atom is -0.495 e. The van der Waals surface area contributed by atoms with Crippen LogP contribution in [0.2, 0.25) is 0 Å². The van der Waals surface area contributed by atoms with Crippen LogP contribution in [-0.2, 0) is 14.8 Å². The summed E-state index contributed by atoms with van der Waals surface area (Å²) in [5, 5.41) is 10.2. The number of carbonyl (C=O) groups is 1. The number of methoxy groups -OCH3 is 1. The normalized spacial score (nSPS) is 11.4. The molecule has 118 valence electrons. The largest absolute Gasteiger partial charge is 0.495 e. The summed E-state index contributed by atoms with van der Waals surface area (Å²) in [7, 11) is -1.96. The number of ether oxygens (including phenoxy) is 1. The standard InChI is InChI=1S/C14H15NO5S2/c1-20-14-10-6-4-3-5-9(10)11(15-22(2,18)19)7-12(14)21-8-13(16)17/h3-7,15H,8H2,1-2H3,(H,16,17). The molecule has 0 bridgehead atoms. The first-order valence-electron chi connectivity index (χ1n) is 6.24. The van der Waals surface area contributed by atoms with Crippen LogP contribution >= 0.6 is 11.8 Å². The monoisotopic (exact) mass is 341 g/mol. The molecule has 0 aromatic heterocycles. The van der Waals surface area contributed by atoms with E-state index in [0.29, 0.717) is 27.1 Å². The third-order valence-corrected chi connectivity index (χ3v) is 4.41. The first-order chi connectivity index (χ1) is 10.3. The molecule has 0 unspecified atom stereocenters. The average Bonchev–Trinajstić information content (AvgIpc) is 2.43. The smallest absolute Gasteiger partial charge is 0.313 e. The molecule has 2 aromatic carbocycles. The van der Waals surface area contributed by atoms with Crippen molar-refractivity contribution in [3.63, 3.8) is 0 Å². The molecule has 2 rings (SSSR count). The number of benzene rings is 2. The highest BCUT2D eigenvalue weighted by Gasteiger charge is 2.16. The summed E-state index contributed by atoms with van der Waals surface area (Å²) in [6.45, 7) is 0. The molecule has 0 aliphatic carbocycles. The molecule has 0 saturated carbocycles. The molecule has 0 saturated heterocycles. The van der Waals surface area contributed by atoms with Gasteiger partial charge in [-0.1, -0.05) is 24.3 Å². The summed E-state index contributed by atoms with van der Waals surface area (Å²) >= 11 is 1.08. The Kier molecular flexibility index (Phi) is 4.82. The van der Waals surface area contributed by atoms with Crippen LogP contribution in [-0.4, -0.2) is 38.6 Å². The SMILES string of the molecule is COc1c(SCC(=O)O)cc(NS(C)(=O)=O)c2ccccc12. The Morgan fingerprint density at radius 2 is 1.95 bits per heavy atom. The van der Waals surface area contributed by atoms with Gasteiger partial charge in [0.15, 0.2) is 0 Å². The van der Waals surface area contributed by atoms with Gasteiger partial charge < -0.3 is 9.84 Å². The Bertz CT molecular complexity index is 817. The molecular weight excluding hydrogens is 326 g/mol. The van der Waals surface area contributed by atoms with Gasteiger partial charge >= 0.3 is 5.97 Å². The van der Waals surface area contributed by atoms with Gasteiger partial charge in [-0.25, -0.2) is 8.42 Å². The number of carboxylic acids is 1. The van der Waals surface area contributed by atoms with Crippen LogP contribution in [0.1, 0.15) is 0 Å². The Labute approximate surface area is 132 Å². The Balaban J connectivity index is 2.65. The predicted molar refractivity (Wildman–Crippen MR) is 87.3 cm³/mol. The molecule has 0 radical (unpaired) electrons. The van der Waals surface area contributed by atoms with Crippen molar-refractivity contribution in [1.29, 1.82) is 0 Å². The van der Waals surface area contributed by atoms with E-state index >= 15 is 0 Å². The van der Waals surface area contributed by atoms with Gasteiger partial charge in [-0.2, -0.15) is 0 Å². The Hall–Kier alpha value is -1.93. The lowest BCUT2D eigenvalue weighted by Crippen LogP contribution is -2.10. The topological polar surface area (TPSA) is 92.7 Å². The van der Waals surface area contributed by atoms with Crippen LogP contribution in [0.3, 0.4) is 0 Å². The first kappa shape index (κ1) is 16.4. The van der Waals surface area contributed by atoms with Crippen LogP contribution < -0.4 is 9.46 Å². The number of nitrogens with one attached hydrogen (secondary N) is 1. The van der Waals surface area contributed by atoms with E-state index in [1.165, 1.54) is 7.11 Å². The van der Waals surface area contributed by atoms with Crippen molar-refractivity contribution in [2.45, 2.75) is 4.90 Å². The van der Waals surface area contributed by atoms with E-state index in [2.05, 4.69) is 4.72 Å². The molecule has 0 atom stereocenters. The van der Waals surface area contributed by atoms with Crippen LogP contribution in [0, 0.1) is 0 Å². The van der Waals surface area contributed by atoms with Gasteiger partial charge in [0.25, 0.3) is 0 Å². The van der Waals surface area contributed by atoms with E-state index in [-0.39, 0.29) is 5.75 Å². The quantitative estimate of drug-likeness (QED) is 0.784. The van der Waals surface area contributed by atoms with E-state index in [4.69, 9.17) is 9.84 Å². The first-order valence-corrected chi connectivity index (χ1v) is 9.11. The number of rotatable bonds is 6. The van der Waals surface area contributed by atoms with Gasteiger partial charge in [0, 0.05) is 10.8 Å². The Morgan fingerprint density at radius 1 is 1.32 bits per heavy atom. The molecule has 0 fully saturated rings. The van der Waals surface area contributed by atoms with Crippen molar-refractivity contribution in [3.8, 4) is 5.75 Å². The average molecular weight is 341 g/mol. The molecule has 8 heteroatoms. The highest BCUT2D eigenvalue weighted by molar-refractivity contribution is 8.00. The van der Waals surface area contributed by atoms with E-state index in [1.807, 2.05) is 0 Å². The molecular formula is C14H15NO5S2. The molecule has 22 heavy (non-hydrogen) atoms. The fraction of sp³-hybridized carbons (Fsp3) is 0.214. The van der Waals surface area contributed by atoms with Crippen LogP contribution in [0.25, 0.3) is 10.8 Å². The number of hydrogen-bond donors (Lipinski definition) is 2. The van der Waals surface area contributed by atoms with Crippen LogP contribution in [0.15, 0.2) is 35.2 Å². The van der Waals surface area contributed by atoms with E-state index in [0.717, 1.165) is 18.0 Å². The summed E-state index contributed by atoms with van der Waals surface area (Å²) in [5.41, 5.74) is 0.395. The molecule has 0 amide bonds. The Morgan fingerprint density at radius 3 is 2.50 bits per heavy atom. The molecule has 2 aromatic rings. The third-order valence-electron chi connectivity index (χ3n) is 2.81. The van der Waals surface area contributed by atoms with Crippen molar-refractivity contribution < 1.29 is 23.1 Å². The van der Waals surface area contributed by atoms with E-state index in [9.17, 15) is 13.2 Å². The van der Waals surface area contributed by atoms with Gasteiger partial charge in [0.2, 0.25) is 10.0 Å². The lowest BCUT2D eigenvalue weighted by molar-refractivity contribution is -0.133. The minimum atomic E-state index is -3.45. The van der Waals surface area contributed by atoms with Gasteiger partial charge in [-0.15, -0.1) is 11.8 Å². The predicted octanol–water partition coefficient (Wildman–Crippen LogP) is 2.40. The summed E-state index contributed by atoms with van der Waals surface area (Å²) < 4.78 is 30.9. The molecule has 0 aliphatic heterocycles. The minimum absolute atomic E-state index is 0.146. The van der Waals surface area contributed by atoms with Gasteiger partial charge in [0.1, 0.15) is 5.75 Å². The molecule has 0 spiro atoms. The fourth-order valence-corrected chi connectivity index (χ4v) is 3.44. The second-order valence-corrected chi connectivity index (χ2v) is 7.32. The van der Waals surface area contributed by atoms with Gasteiger partial charge in [0.05, 0.1) is 29.7 Å². The number of hydrogen-bond acceptors (Lipinski definition) is 5. The molecule has 0 heterocycles. The second-order valence-electron chi connectivity index (χ2n) is 4.56. The van der Waals surface area contributed by atoms with Crippen molar-refractivity contribution in [2.24, 2.45) is 0 Å². The van der Waals surface area contributed by atoms with Crippen LogP contribution in [0.4, 0.5) is 5.69 Å². The summed E-state index contributed by atoms with van der Waals surface area (Å²) in [5.74, 6) is -0.578. The third kappa shape index (κ3) is 3.83. The summed E-state index contributed by atoms with van der Waals surface area (Å²) in [6.07, 6.45) is 1.07. The maximum atomic E-state index is 11.5. The zero-order chi connectivity index (χ0) is 16.3. The zero-order valence-electron chi connectivity index (χ0n) is 12.0. The molecule has 2 N–H and O–H groups in total. The second kappa shape index (κ2) is 6.45. The number of aliphatic carboxylic acids is 1. The number of fused-ring (bicyclic) bond motifs is 1. The van der Waals surface area contributed by atoms with Crippen molar-refractivity contribution >= 4 is 44.2 Å². The van der Waals surface area contributed by atoms with Gasteiger partial charge in [-0.3, -0.25) is 9.52 Å². The highest BCUT2D eigenvalue weighted by atomic mass is 32.2. The number of anilines is 1. The maximum absolute atomic E-state index is 11.5. The fourth-order valence-electron chi connectivity index (χ4n) is 2.06. The summed E-state index contributed by atoms with van der Waals surface area (Å²) in [4.78, 5) is 11.3. The summed E-state index contributed by atoms with van der Waals surface area (Å²) in [6, 6.07) is 8.76. The number of thioether (sulfide) groups is 1. The van der Waals surface area contributed by atoms with E-state index < -0.39 is 16.0 Å². The molecule has 6 nitrogen and oxygen atoms in total. The highest BCUT2D eigenvalue weighted by Crippen LogP contribution is 2.40. The lowest BCUT2D eigenvalue weighted by Gasteiger charge is -2.15. The zero-order valence-corrected chi connectivity index (χ0v) is 13.6. The maximum Gasteiger partial charge on any atom is 0.313 e. The van der Waals surface area contributed by atoms with Crippen molar-refractivity contribution in [2.75, 3.05) is 23.8 Å². The van der Waals surface area contributed by atoms with E-state index in [1.54, 1.807) is 30.3 Å². The van der Waals surface area contributed by atoms with Gasteiger partial charge in [-0.05, 0) is 6.07 Å². The number of carboxylic acid groups (broad SMARTS) is 1. The van der Waals surface area contributed by atoms with Crippen molar-refractivity contribution in [1.82, 2.24) is 0 Å². The number of sulfonamides is 1. The van der Waals surface area contributed by atoms with Crippen LogP contribution in [0.5, 0.6) is 5.75 Å². The van der Waals surface area contributed by atoms with Crippen molar-refractivity contribution in [3.05, 3.63) is 30.3 Å². The molecule has 0 aliphatic rings. The lowest BCUT2D eigenvalue weighted by atomic mass is 10.1.